The molecule has 1 atom stereocenters. The van der Waals surface area contributed by atoms with Crippen LogP contribution in [0.2, 0.25) is 0 Å². The molecule has 1 unspecified atom stereocenters. The molecule has 144 valence electrons. The van der Waals surface area contributed by atoms with Crippen LogP contribution in [0.25, 0.3) is 11.1 Å². The van der Waals surface area contributed by atoms with Gasteiger partial charge in [-0.25, -0.2) is 9.18 Å². The second-order valence-electron chi connectivity index (χ2n) is 6.40. The summed E-state index contributed by atoms with van der Waals surface area (Å²) in [6, 6.07) is 16.9. The zero-order valence-electron chi connectivity index (χ0n) is 15.6. The monoisotopic (exact) mass is 381 g/mol. The maximum atomic E-state index is 13.3. The third kappa shape index (κ3) is 4.46. The lowest BCUT2D eigenvalue weighted by Crippen LogP contribution is -2.37. The van der Waals surface area contributed by atoms with Gasteiger partial charge in [0.05, 0.1) is 6.26 Å². The fourth-order valence-corrected chi connectivity index (χ4v) is 2.87. The van der Waals surface area contributed by atoms with Crippen molar-refractivity contribution in [1.82, 2.24) is 4.90 Å². The first kappa shape index (κ1) is 19.4. The molecule has 5 nitrogen and oxygen atoms in total. The highest BCUT2D eigenvalue weighted by Gasteiger charge is 2.25. The highest BCUT2D eigenvalue weighted by molar-refractivity contribution is 5.96. The van der Waals surface area contributed by atoms with Crippen molar-refractivity contribution in [1.29, 1.82) is 0 Å². The van der Waals surface area contributed by atoms with E-state index in [1.165, 1.54) is 30.2 Å². The number of amides is 1. The number of esters is 1. The van der Waals surface area contributed by atoms with E-state index in [4.69, 9.17) is 9.15 Å². The molecule has 0 aliphatic heterocycles. The highest BCUT2D eigenvalue weighted by Crippen LogP contribution is 2.25. The summed E-state index contributed by atoms with van der Waals surface area (Å²) >= 11 is 0. The van der Waals surface area contributed by atoms with Crippen LogP contribution in [-0.2, 0) is 16.1 Å². The summed E-state index contributed by atoms with van der Waals surface area (Å²) in [5.41, 5.74) is 2.05. The molecular formula is C22H20FNO4. The van der Waals surface area contributed by atoms with Crippen LogP contribution in [-0.4, -0.2) is 29.9 Å². The standard InChI is InChI=1S/C22H20FNO4/c1-15(21(25)24(2)14-16-7-6-10-18(23)13-16)28-22(26)20-19(11-12-27-20)17-8-4-3-5-9-17/h3-13,15H,14H2,1-2H3. The Balaban J connectivity index is 1.66. The number of hydrogen-bond acceptors (Lipinski definition) is 4. The lowest BCUT2D eigenvalue weighted by molar-refractivity contribution is -0.139. The molecule has 0 saturated carbocycles. The van der Waals surface area contributed by atoms with Gasteiger partial charge in [0.15, 0.2) is 6.10 Å². The predicted octanol–water partition coefficient (Wildman–Crippen LogP) is 4.29. The van der Waals surface area contributed by atoms with Crippen LogP contribution in [0.1, 0.15) is 23.0 Å². The Hall–Kier alpha value is -3.41. The van der Waals surface area contributed by atoms with Crippen LogP contribution in [0.3, 0.4) is 0 Å². The molecule has 1 amide bonds. The van der Waals surface area contributed by atoms with Crippen molar-refractivity contribution < 1.29 is 23.1 Å². The summed E-state index contributed by atoms with van der Waals surface area (Å²) in [6.07, 6.45) is 0.390. The second-order valence-corrected chi connectivity index (χ2v) is 6.40. The maximum Gasteiger partial charge on any atom is 0.375 e. The van der Waals surface area contributed by atoms with Gasteiger partial charge >= 0.3 is 5.97 Å². The molecule has 0 fully saturated rings. The Bertz CT molecular complexity index is 967. The number of ether oxygens (including phenoxy) is 1. The van der Waals surface area contributed by atoms with Gasteiger partial charge in [-0.1, -0.05) is 42.5 Å². The number of hydrogen-bond donors (Lipinski definition) is 0. The Labute approximate surface area is 162 Å². The van der Waals surface area contributed by atoms with Crippen LogP contribution in [0.5, 0.6) is 0 Å². The van der Waals surface area contributed by atoms with E-state index in [1.54, 1.807) is 25.2 Å². The molecule has 0 aliphatic carbocycles. The first-order valence-corrected chi connectivity index (χ1v) is 8.79. The molecule has 6 heteroatoms. The molecule has 1 heterocycles. The van der Waals surface area contributed by atoms with Gasteiger partial charge < -0.3 is 14.1 Å². The minimum atomic E-state index is -1.01. The van der Waals surface area contributed by atoms with E-state index in [1.807, 2.05) is 30.3 Å². The SMILES string of the molecule is CC(OC(=O)c1occc1-c1ccccc1)C(=O)N(C)Cc1cccc(F)c1. The molecule has 28 heavy (non-hydrogen) atoms. The summed E-state index contributed by atoms with van der Waals surface area (Å²) < 4.78 is 23.9. The van der Waals surface area contributed by atoms with Crippen LogP contribution >= 0.6 is 0 Å². The minimum Gasteiger partial charge on any atom is -0.457 e. The van der Waals surface area contributed by atoms with Crippen molar-refractivity contribution in [2.45, 2.75) is 19.6 Å². The Morgan fingerprint density at radius 1 is 1.11 bits per heavy atom. The van der Waals surface area contributed by atoms with Gasteiger partial charge in [0.2, 0.25) is 5.76 Å². The fourth-order valence-electron chi connectivity index (χ4n) is 2.87. The number of nitrogens with zero attached hydrogens (tertiary/aromatic N) is 1. The predicted molar refractivity (Wildman–Crippen MR) is 102 cm³/mol. The third-order valence-corrected chi connectivity index (χ3v) is 4.25. The van der Waals surface area contributed by atoms with Crippen molar-refractivity contribution in [2.24, 2.45) is 0 Å². The number of benzene rings is 2. The van der Waals surface area contributed by atoms with Gasteiger partial charge in [-0.3, -0.25) is 4.79 Å². The van der Waals surface area contributed by atoms with Gasteiger partial charge in [-0.05, 0) is 36.2 Å². The molecular weight excluding hydrogens is 361 g/mol. The summed E-state index contributed by atoms with van der Waals surface area (Å²) in [5, 5.41) is 0. The molecule has 0 N–H and O–H groups in total. The van der Waals surface area contributed by atoms with Gasteiger partial charge in [0, 0.05) is 19.2 Å². The largest absolute Gasteiger partial charge is 0.457 e. The van der Waals surface area contributed by atoms with Gasteiger partial charge in [0.25, 0.3) is 5.91 Å². The molecule has 3 aromatic rings. The molecule has 2 aromatic carbocycles. The summed E-state index contributed by atoms with van der Waals surface area (Å²) in [6.45, 7) is 1.70. The number of carbonyl (C=O) groups is 2. The average molecular weight is 381 g/mol. The summed E-state index contributed by atoms with van der Waals surface area (Å²) in [5.74, 6) is -1.45. The maximum absolute atomic E-state index is 13.3. The highest BCUT2D eigenvalue weighted by atomic mass is 19.1. The van der Waals surface area contributed by atoms with Crippen molar-refractivity contribution >= 4 is 11.9 Å². The van der Waals surface area contributed by atoms with E-state index < -0.39 is 18.0 Å². The second kappa shape index (κ2) is 8.52. The van der Waals surface area contributed by atoms with E-state index in [0.29, 0.717) is 11.1 Å². The lowest BCUT2D eigenvalue weighted by atomic mass is 10.1. The summed E-state index contributed by atoms with van der Waals surface area (Å²) in [4.78, 5) is 26.4. The molecule has 1 aromatic heterocycles. The zero-order valence-corrected chi connectivity index (χ0v) is 15.6. The van der Waals surface area contributed by atoms with Crippen LogP contribution < -0.4 is 0 Å². The van der Waals surface area contributed by atoms with Crippen molar-refractivity contribution in [3.8, 4) is 11.1 Å². The van der Waals surface area contributed by atoms with Gasteiger partial charge in [0.1, 0.15) is 5.82 Å². The molecule has 0 aliphatic rings. The Kier molecular flexibility index (Phi) is 5.89. The van der Waals surface area contributed by atoms with Crippen LogP contribution in [0, 0.1) is 5.82 Å². The van der Waals surface area contributed by atoms with E-state index >= 15 is 0 Å². The number of likely N-dealkylation sites (N-methyl/N-ethyl adjacent to an activating group) is 1. The van der Waals surface area contributed by atoms with E-state index in [-0.39, 0.29) is 18.1 Å². The molecule has 0 saturated heterocycles. The van der Waals surface area contributed by atoms with Crippen molar-refractivity contribution in [3.63, 3.8) is 0 Å². The Morgan fingerprint density at radius 3 is 2.57 bits per heavy atom. The van der Waals surface area contributed by atoms with Gasteiger partial charge in [-0.2, -0.15) is 0 Å². The molecule has 3 rings (SSSR count). The van der Waals surface area contributed by atoms with E-state index in [9.17, 15) is 14.0 Å². The molecule has 0 spiro atoms. The fraction of sp³-hybridized carbons (Fsp3) is 0.182. The van der Waals surface area contributed by atoms with Crippen LogP contribution in [0.15, 0.2) is 71.3 Å². The lowest BCUT2D eigenvalue weighted by Gasteiger charge is -2.21. The van der Waals surface area contributed by atoms with E-state index in [0.717, 1.165) is 5.56 Å². The quantitative estimate of drug-likeness (QED) is 0.598. The summed E-state index contributed by atoms with van der Waals surface area (Å²) in [7, 11) is 1.57. The first-order chi connectivity index (χ1) is 13.5. The first-order valence-electron chi connectivity index (χ1n) is 8.79. The number of rotatable bonds is 6. The van der Waals surface area contributed by atoms with Gasteiger partial charge in [-0.15, -0.1) is 0 Å². The van der Waals surface area contributed by atoms with Crippen LogP contribution in [0.4, 0.5) is 4.39 Å². The normalized spacial score (nSPS) is 11.7. The zero-order chi connectivity index (χ0) is 20.1. The Morgan fingerprint density at radius 2 is 1.86 bits per heavy atom. The average Bonchev–Trinajstić information content (AvgIpc) is 3.18. The minimum absolute atomic E-state index is 0.0404. The number of furan rings is 1. The number of carbonyl (C=O) groups excluding carboxylic acids is 2. The number of halogens is 1. The van der Waals surface area contributed by atoms with Crippen molar-refractivity contribution in [3.05, 3.63) is 84.1 Å². The molecule has 0 radical (unpaired) electrons. The topological polar surface area (TPSA) is 59.8 Å². The third-order valence-electron chi connectivity index (χ3n) is 4.25. The molecule has 0 bridgehead atoms. The smallest absolute Gasteiger partial charge is 0.375 e. The van der Waals surface area contributed by atoms with Crippen molar-refractivity contribution in [2.75, 3.05) is 7.05 Å². The van der Waals surface area contributed by atoms with E-state index in [2.05, 4.69) is 0 Å².